The zero-order chi connectivity index (χ0) is 21.4. The Morgan fingerprint density at radius 2 is 1.62 bits per heavy atom. The van der Waals surface area contributed by atoms with Gasteiger partial charge >= 0.3 is 5.97 Å². The van der Waals surface area contributed by atoms with Crippen molar-refractivity contribution in [1.29, 1.82) is 0 Å². The van der Waals surface area contributed by atoms with Gasteiger partial charge in [-0.2, -0.15) is 0 Å². The Morgan fingerprint density at radius 1 is 0.966 bits per heavy atom. The number of para-hydroxylation sites is 1. The standard InChI is InChI=1S/C23H27NO5/c1-16-7-5-6-8-19(16)28-14-13-21(26)29-15-20(25)24-22(27)17-9-11-18(12-10-17)23(2,3)4/h5-12H,13-15H2,1-4H3,(H,24,25,27). The van der Waals surface area contributed by atoms with Crippen LogP contribution in [0.3, 0.4) is 0 Å². The predicted molar refractivity (Wildman–Crippen MR) is 110 cm³/mol. The Labute approximate surface area is 171 Å². The average Bonchev–Trinajstić information content (AvgIpc) is 2.67. The molecule has 0 fully saturated rings. The number of nitrogens with one attached hydrogen (secondary N) is 1. The van der Waals surface area contributed by atoms with E-state index in [2.05, 4.69) is 26.1 Å². The van der Waals surface area contributed by atoms with Crippen LogP contribution in [0.4, 0.5) is 0 Å². The molecule has 1 N–H and O–H groups in total. The van der Waals surface area contributed by atoms with Gasteiger partial charge in [0.25, 0.3) is 11.8 Å². The van der Waals surface area contributed by atoms with Crippen LogP contribution in [0.2, 0.25) is 0 Å². The smallest absolute Gasteiger partial charge is 0.309 e. The molecule has 0 aromatic heterocycles. The van der Waals surface area contributed by atoms with Gasteiger partial charge in [-0.3, -0.25) is 19.7 Å². The molecule has 0 aliphatic carbocycles. The van der Waals surface area contributed by atoms with Gasteiger partial charge in [0, 0.05) is 5.56 Å². The summed E-state index contributed by atoms with van der Waals surface area (Å²) in [6.07, 6.45) is 0.00380. The van der Waals surface area contributed by atoms with Crippen molar-refractivity contribution >= 4 is 17.8 Å². The zero-order valence-corrected chi connectivity index (χ0v) is 17.3. The first-order valence-corrected chi connectivity index (χ1v) is 9.45. The molecule has 2 aromatic rings. The maximum Gasteiger partial charge on any atom is 0.309 e. The first-order valence-electron chi connectivity index (χ1n) is 9.45. The second-order valence-electron chi connectivity index (χ2n) is 7.73. The Balaban J connectivity index is 1.72. The first kappa shape index (κ1) is 22.1. The largest absolute Gasteiger partial charge is 0.493 e. The van der Waals surface area contributed by atoms with E-state index in [9.17, 15) is 14.4 Å². The summed E-state index contributed by atoms with van der Waals surface area (Å²) < 4.78 is 10.4. The van der Waals surface area contributed by atoms with E-state index in [0.717, 1.165) is 11.1 Å². The van der Waals surface area contributed by atoms with Gasteiger partial charge in [-0.1, -0.05) is 51.1 Å². The van der Waals surface area contributed by atoms with Gasteiger partial charge in [-0.25, -0.2) is 0 Å². The van der Waals surface area contributed by atoms with Gasteiger partial charge in [-0.15, -0.1) is 0 Å². The molecule has 0 unspecified atom stereocenters. The molecule has 0 aliphatic heterocycles. The number of hydrogen-bond acceptors (Lipinski definition) is 5. The summed E-state index contributed by atoms with van der Waals surface area (Å²) in [6.45, 7) is 7.76. The van der Waals surface area contributed by atoms with Crippen LogP contribution >= 0.6 is 0 Å². The van der Waals surface area contributed by atoms with E-state index in [1.54, 1.807) is 12.1 Å². The molecule has 0 bridgehead atoms. The van der Waals surface area contributed by atoms with Crippen molar-refractivity contribution in [2.75, 3.05) is 13.2 Å². The van der Waals surface area contributed by atoms with E-state index in [4.69, 9.17) is 9.47 Å². The number of ether oxygens (including phenoxy) is 2. The van der Waals surface area contributed by atoms with E-state index in [-0.39, 0.29) is 18.4 Å². The maximum absolute atomic E-state index is 12.1. The molecule has 154 valence electrons. The summed E-state index contributed by atoms with van der Waals surface area (Å²) in [5, 5.41) is 2.21. The van der Waals surface area contributed by atoms with Crippen LogP contribution < -0.4 is 10.1 Å². The number of carbonyl (C=O) groups excluding carboxylic acids is 3. The molecule has 0 spiro atoms. The van der Waals surface area contributed by atoms with Crippen LogP contribution in [-0.4, -0.2) is 31.0 Å². The van der Waals surface area contributed by atoms with Crippen LogP contribution in [0, 0.1) is 6.92 Å². The lowest BCUT2D eigenvalue weighted by Gasteiger charge is -2.19. The molecule has 2 amide bonds. The minimum atomic E-state index is -0.678. The van der Waals surface area contributed by atoms with Crippen LogP contribution in [-0.2, 0) is 19.7 Å². The number of benzene rings is 2. The summed E-state index contributed by atoms with van der Waals surface area (Å²) in [5.74, 6) is -1.09. The lowest BCUT2D eigenvalue weighted by atomic mass is 9.87. The van der Waals surface area contributed by atoms with Crippen LogP contribution in [0.15, 0.2) is 48.5 Å². The van der Waals surface area contributed by atoms with Crippen molar-refractivity contribution in [3.8, 4) is 5.75 Å². The van der Waals surface area contributed by atoms with Gasteiger partial charge in [0.2, 0.25) is 0 Å². The molecule has 2 aromatic carbocycles. The maximum atomic E-state index is 12.1. The molecule has 0 radical (unpaired) electrons. The molecule has 29 heavy (non-hydrogen) atoms. The number of imide groups is 1. The number of amides is 2. The molecule has 2 rings (SSSR count). The second-order valence-corrected chi connectivity index (χ2v) is 7.73. The number of hydrogen-bond donors (Lipinski definition) is 1. The molecule has 0 atom stereocenters. The highest BCUT2D eigenvalue weighted by Crippen LogP contribution is 2.22. The number of esters is 1. The summed E-state index contributed by atoms with van der Waals surface area (Å²) in [4.78, 5) is 35.7. The van der Waals surface area contributed by atoms with Gasteiger partial charge in [-0.05, 0) is 41.7 Å². The third-order valence-corrected chi connectivity index (χ3v) is 4.29. The van der Waals surface area contributed by atoms with E-state index in [0.29, 0.717) is 11.3 Å². The average molecular weight is 397 g/mol. The predicted octanol–water partition coefficient (Wildman–Crippen LogP) is 3.56. The summed E-state index contributed by atoms with van der Waals surface area (Å²) in [6, 6.07) is 14.5. The summed E-state index contributed by atoms with van der Waals surface area (Å²) in [7, 11) is 0. The van der Waals surface area contributed by atoms with E-state index < -0.39 is 24.4 Å². The fourth-order valence-electron chi connectivity index (χ4n) is 2.54. The van der Waals surface area contributed by atoms with Crippen LogP contribution in [0.25, 0.3) is 0 Å². The highest BCUT2D eigenvalue weighted by atomic mass is 16.5. The normalized spacial score (nSPS) is 10.9. The second kappa shape index (κ2) is 9.87. The van der Waals surface area contributed by atoms with Gasteiger partial charge in [0.05, 0.1) is 13.0 Å². The third kappa shape index (κ3) is 7.07. The van der Waals surface area contributed by atoms with Crippen molar-refractivity contribution in [2.24, 2.45) is 0 Å². The summed E-state index contributed by atoms with van der Waals surface area (Å²) >= 11 is 0. The molecular weight excluding hydrogens is 370 g/mol. The Morgan fingerprint density at radius 3 is 2.24 bits per heavy atom. The lowest BCUT2D eigenvalue weighted by molar-refractivity contribution is -0.148. The quantitative estimate of drug-likeness (QED) is 0.723. The van der Waals surface area contributed by atoms with Crippen molar-refractivity contribution in [3.05, 3.63) is 65.2 Å². The number of aryl methyl sites for hydroxylation is 1. The molecular formula is C23H27NO5. The Bertz CT molecular complexity index is 866. The fourth-order valence-corrected chi connectivity index (χ4v) is 2.54. The molecule has 6 nitrogen and oxygen atoms in total. The zero-order valence-electron chi connectivity index (χ0n) is 17.3. The van der Waals surface area contributed by atoms with Crippen molar-refractivity contribution < 1.29 is 23.9 Å². The summed E-state index contributed by atoms with van der Waals surface area (Å²) in [5.41, 5.74) is 2.39. The van der Waals surface area contributed by atoms with Gasteiger partial charge in [0.15, 0.2) is 6.61 Å². The number of rotatable bonds is 7. The van der Waals surface area contributed by atoms with Crippen LogP contribution in [0.1, 0.15) is 48.7 Å². The minimum absolute atomic E-state index is 0.00380. The highest BCUT2D eigenvalue weighted by Gasteiger charge is 2.16. The molecule has 0 aliphatic rings. The first-order chi connectivity index (χ1) is 13.7. The van der Waals surface area contributed by atoms with Gasteiger partial charge in [0.1, 0.15) is 5.75 Å². The van der Waals surface area contributed by atoms with Gasteiger partial charge < -0.3 is 9.47 Å². The Kier molecular flexibility index (Phi) is 7.53. The lowest BCUT2D eigenvalue weighted by Crippen LogP contribution is -2.34. The number of carbonyl (C=O) groups is 3. The minimum Gasteiger partial charge on any atom is -0.493 e. The molecule has 0 heterocycles. The molecule has 0 saturated heterocycles. The highest BCUT2D eigenvalue weighted by molar-refractivity contribution is 6.05. The van der Waals surface area contributed by atoms with Crippen molar-refractivity contribution in [2.45, 2.75) is 39.5 Å². The van der Waals surface area contributed by atoms with E-state index >= 15 is 0 Å². The third-order valence-electron chi connectivity index (χ3n) is 4.29. The topological polar surface area (TPSA) is 81.7 Å². The van der Waals surface area contributed by atoms with E-state index in [1.165, 1.54) is 0 Å². The molecule has 6 heteroatoms. The van der Waals surface area contributed by atoms with Crippen molar-refractivity contribution in [3.63, 3.8) is 0 Å². The molecule has 0 saturated carbocycles. The SMILES string of the molecule is Cc1ccccc1OCCC(=O)OCC(=O)NC(=O)c1ccc(C(C)(C)C)cc1. The van der Waals surface area contributed by atoms with E-state index in [1.807, 2.05) is 43.3 Å². The van der Waals surface area contributed by atoms with Crippen LogP contribution in [0.5, 0.6) is 5.75 Å². The fraction of sp³-hybridized carbons (Fsp3) is 0.348. The Hall–Kier alpha value is -3.15. The van der Waals surface area contributed by atoms with Crippen molar-refractivity contribution in [1.82, 2.24) is 5.32 Å². The monoisotopic (exact) mass is 397 g/mol.